The predicted molar refractivity (Wildman–Crippen MR) is 150 cm³/mol. The van der Waals surface area contributed by atoms with Gasteiger partial charge in [-0.15, -0.1) is 20.5 Å². The van der Waals surface area contributed by atoms with Crippen molar-refractivity contribution in [3.05, 3.63) is 48.0 Å². The van der Waals surface area contributed by atoms with Crippen LogP contribution in [0, 0.1) is 0 Å². The van der Waals surface area contributed by atoms with Crippen LogP contribution >= 0.6 is 0 Å². The molecule has 3 aromatic rings. The standard InChI is InChI=1S/C24H26N6O10S2/c1-38-17-12-19(41(33,34)9-8-31)18(39-2)10-15(17)28-30-23-21(25)16(11-20(22(23)26)42(35,36)37)29-27-14-7-5-4-6-13(14)24(32)40-3/h4-7,10-12,31H,8-9,25-26H2,1-3H3,(H,35,36,37)/b29-27+,30-28+. The van der Waals surface area contributed by atoms with Gasteiger partial charge in [-0.05, 0) is 18.2 Å². The maximum atomic E-state index is 12.6. The molecule has 0 atom stereocenters. The lowest BCUT2D eigenvalue weighted by Crippen LogP contribution is -2.11. The Bertz CT molecular complexity index is 1790. The molecule has 0 spiro atoms. The highest BCUT2D eigenvalue weighted by molar-refractivity contribution is 7.91. The first-order valence-electron chi connectivity index (χ1n) is 11.6. The van der Waals surface area contributed by atoms with Crippen molar-refractivity contribution in [1.82, 2.24) is 0 Å². The Kier molecular flexibility index (Phi) is 9.79. The molecule has 18 heteroatoms. The maximum absolute atomic E-state index is 12.6. The predicted octanol–water partition coefficient (Wildman–Crippen LogP) is 3.50. The Morgan fingerprint density at radius 2 is 1.43 bits per heavy atom. The van der Waals surface area contributed by atoms with E-state index in [1.165, 1.54) is 39.5 Å². The molecule has 0 saturated heterocycles. The summed E-state index contributed by atoms with van der Waals surface area (Å²) in [6.07, 6.45) is 0. The van der Waals surface area contributed by atoms with Crippen molar-refractivity contribution >= 4 is 60.0 Å². The summed E-state index contributed by atoms with van der Waals surface area (Å²) in [7, 11) is -5.27. The zero-order chi connectivity index (χ0) is 31.2. The molecule has 224 valence electrons. The van der Waals surface area contributed by atoms with Crippen LogP contribution in [0.3, 0.4) is 0 Å². The van der Waals surface area contributed by atoms with E-state index in [1.807, 2.05) is 0 Å². The summed E-state index contributed by atoms with van der Waals surface area (Å²) in [5.74, 6) is -1.52. The van der Waals surface area contributed by atoms with Crippen LogP contribution in [-0.4, -0.2) is 66.2 Å². The molecule has 0 saturated carbocycles. The highest BCUT2D eigenvalue weighted by Crippen LogP contribution is 2.44. The van der Waals surface area contributed by atoms with E-state index in [0.717, 1.165) is 12.1 Å². The molecule has 0 unspecified atom stereocenters. The SMILES string of the molecule is COC(=O)c1ccccc1/N=N/c1cc(S(=O)(=O)O)c(N)c(/N=N/c2cc(OC)c(S(=O)(=O)CCO)cc2OC)c1N. The zero-order valence-corrected chi connectivity index (χ0v) is 24.0. The number of hydrogen-bond acceptors (Lipinski definition) is 15. The van der Waals surface area contributed by atoms with E-state index in [2.05, 4.69) is 20.5 Å². The van der Waals surface area contributed by atoms with Crippen LogP contribution in [-0.2, 0) is 24.7 Å². The first-order chi connectivity index (χ1) is 19.8. The molecule has 0 aliphatic rings. The van der Waals surface area contributed by atoms with E-state index in [1.54, 1.807) is 12.1 Å². The molecule has 0 radical (unpaired) electrons. The maximum Gasteiger partial charge on any atom is 0.340 e. The molecule has 42 heavy (non-hydrogen) atoms. The second-order valence-electron chi connectivity index (χ2n) is 8.17. The Balaban J connectivity index is 2.20. The summed E-state index contributed by atoms with van der Waals surface area (Å²) >= 11 is 0. The molecule has 0 aromatic heterocycles. The fraction of sp³-hybridized carbons (Fsp3) is 0.208. The third-order valence-corrected chi connectivity index (χ3v) is 8.19. The number of hydrogen-bond donors (Lipinski definition) is 4. The molecule has 3 aromatic carbocycles. The van der Waals surface area contributed by atoms with Gasteiger partial charge in [-0.25, -0.2) is 13.2 Å². The highest BCUT2D eigenvalue weighted by Gasteiger charge is 2.25. The zero-order valence-electron chi connectivity index (χ0n) is 22.4. The summed E-state index contributed by atoms with van der Waals surface area (Å²) in [4.78, 5) is 11.0. The average molecular weight is 623 g/mol. The van der Waals surface area contributed by atoms with Crippen molar-refractivity contribution in [3.8, 4) is 11.5 Å². The minimum absolute atomic E-state index is 0.0539. The Morgan fingerprint density at radius 3 is 2.02 bits per heavy atom. The largest absolute Gasteiger partial charge is 0.495 e. The number of ether oxygens (including phenoxy) is 3. The fourth-order valence-corrected chi connectivity index (χ4v) is 5.36. The molecule has 16 nitrogen and oxygen atoms in total. The molecule has 0 aliphatic carbocycles. The van der Waals surface area contributed by atoms with E-state index in [0.29, 0.717) is 0 Å². The first-order valence-corrected chi connectivity index (χ1v) is 14.7. The number of benzene rings is 3. The second-order valence-corrected chi connectivity index (χ2v) is 11.6. The Labute approximate surface area is 240 Å². The van der Waals surface area contributed by atoms with Crippen molar-refractivity contribution in [2.75, 3.05) is 45.2 Å². The van der Waals surface area contributed by atoms with Gasteiger partial charge in [0, 0.05) is 12.1 Å². The molecule has 3 rings (SSSR count). The van der Waals surface area contributed by atoms with E-state index < -0.39 is 54.6 Å². The molecule has 0 aliphatic heterocycles. The van der Waals surface area contributed by atoms with Crippen LogP contribution < -0.4 is 20.9 Å². The number of aliphatic hydroxyl groups is 1. The van der Waals surface area contributed by atoms with Crippen molar-refractivity contribution in [2.24, 2.45) is 20.5 Å². The summed E-state index contributed by atoms with van der Waals surface area (Å²) in [6, 6.07) is 9.14. The number of esters is 1. The number of azo groups is 2. The number of carbonyl (C=O) groups is 1. The number of anilines is 2. The number of nitrogens with zero attached hydrogens (tertiary/aromatic N) is 4. The number of nitrogens with two attached hydrogens (primary N) is 2. The van der Waals surface area contributed by atoms with Gasteiger partial charge in [0.25, 0.3) is 10.1 Å². The number of rotatable bonds is 11. The topological polar surface area (TPSA) is 255 Å². The van der Waals surface area contributed by atoms with Crippen molar-refractivity contribution in [3.63, 3.8) is 0 Å². The van der Waals surface area contributed by atoms with Gasteiger partial charge in [-0.1, -0.05) is 12.1 Å². The van der Waals surface area contributed by atoms with Crippen LogP contribution in [0.15, 0.2) is 72.7 Å². The number of sulfone groups is 1. The smallest absolute Gasteiger partial charge is 0.340 e. The lowest BCUT2D eigenvalue weighted by atomic mass is 10.2. The van der Waals surface area contributed by atoms with Gasteiger partial charge >= 0.3 is 5.97 Å². The fourth-order valence-electron chi connectivity index (χ4n) is 3.53. The second kappa shape index (κ2) is 12.9. The highest BCUT2D eigenvalue weighted by atomic mass is 32.2. The van der Waals surface area contributed by atoms with E-state index in [-0.39, 0.29) is 44.7 Å². The normalized spacial score (nSPS) is 12.1. The average Bonchev–Trinajstić information content (AvgIpc) is 2.95. The summed E-state index contributed by atoms with van der Waals surface area (Å²) < 4.78 is 74.2. The van der Waals surface area contributed by atoms with Crippen LogP contribution in [0.4, 0.5) is 34.1 Å². The lowest BCUT2D eigenvalue weighted by Gasteiger charge is -2.13. The molecular formula is C24H26N6O10S2. The number of nitrogen functional groups attached to an aromatic ring is 2. The van der Waals surface area contributed by atoms with Gasteiger partial charge in [0.2, 0.25) is 0 Å². The molecule has 0 heterocycles. The van der Waals surface area contributed by atoms with Crippen LogP contribution in [0.5, 0.6) is 11.5 Å². The van der Waals surface area contributed by atoms with Crippen molar-refractivity contribution in [1.29, 1.82) is 0 Å². The van der Waals surface area contributed by atoms with Gasteiger partial charge in [-0.2, -0.15) is 8.42 Å². The third kappa shape index (κ3) is 6.79. The number of aliphatic hydroxyl groups excluding tert-OH is 1. The van der Waals surface area contributed by atoms with Crippen LogP contribution in [0.1, 0.15) is 10.4 Å². The molecule has 0 fully saturated rings. The summed E-state index contributed by atoms with van der Waals surface area (Å²) in [5, 5.41) is 24.9. The quantitative estimate of drug-likeness (QED) is 0.104. The van der Waals surface area contributed by atoms with E-state index >= 15 is 0 Å². The molecular weight excluding hydrogens is 596 g/mol. The summed E-state index contributed by atoms with van der Waals surface area (Å²) in [6.45, 7) is -0.633. The minimum atomic E-state index is -4.93. The van der Waals surface area contributed by atoms with E-state index in [9.17, 15) is 26.2 Å². The Morgan fingerprint density at radius 1 is 0.810 bits per heavy atom. The van der Waals surface area contributed by atoms with E-state index in [4.69, 9.17) is 30.8 Å². The van der Waals surface area contributed by atoms with Crippen LogP contribution in [0.25, 0.3) is 0 Å². The molecule has 0 bridgehead atoms. The first kappa shape index (κ1) is 31.9. The Hall–Kier alpha value is -4.65. The van der Waals surface area contributed by atoms with Gasteiger partial charge in [-0.3, -0.25) is 4.55 Å². The van der Waals surface area contributed by atoms with Gasteiger partial charge < -0.3 is 30.8 Å². The van der Waals surface area contributed by atoms with Gasteiger partial charge in [0.15, 0.2) is 9.84 Å². The number of carbonyl (C=O) groups excluding carboxylic acids is 1. The number of methoxy groups -OCH3 is 3. The molecule has 0 amide bonds. The van der Waals surface area contributed by atoms with Crippen molar-refractivity contribution in [2.45, 2.75) is 9.79 Å². The monoisotopic (exact) mass is 622 g/mol. The van der Waals surface area contributed by atoms with Crippen molar-refractivity contribution < 1.29 is 45.5 Å². The lowest BCUT2D eigenvalue weighted by molar-refractivity contribution is 0.0601. The molecule has 6 N–H and O–H groups in total. The van der Waals surface area contributed by atoms with Crippen LogP contribution in [0.2, 0.25) is 0 Å². The van der Waals surface area contributed by atoms with Gasteiger partial charge in [0.05, 0.1) is 50.6 Å². The minimum Gasteiger partial charge on any atom is -0.495 e. The van der Waals surface area contributed by atoms with Gasteiger partial charge in [0.1, 0.15) is 44.0 Å². The summed E-state index contributed by atoms with van der Waals surface area (Å²) in [5.41, 5.74) is 10.5. The third-order valence-electron chi connectivity index (χ3n) is 5.59.